The van der Waals surface area contributed by atoms with Gasteiger partial charge < -0.3 is 30.5 Å². The van der Waals surface area contributed by atoms with E-state index in [0.717, 1.165) is 89.4 Å². The fraction of sp³-hybridized carbons (Fsp3) is 0.280. The fourth-order valence-corrected chi connectivity index (χ4v) is 8.19. The van der Waals surface area contributed by atoms with Gasteiger partial charge in [-0.3, -0.25) is 4.90 Å². The van der Waals surface area contributed by atoms with Crippen molar-refractivity contribution in [2.75, 3.05) is 50.1 Å². The van der Waals surface area contributed by atoms with Gasteiger partial charge in [0.05, 0.1) is 30.4 Å². The Bertz CT molecular complexity index is 2680. The van der Waals surface area contributed by atoms with Crippen molar-refractivity contribution in [3.8, 4) is 34.0 Å². The van der Waals surface area contributed by atoms with Crippen molar-refractivity contribution >= 4 is 22.9 Å². The summed E-state index contributed by atoms with van der Waals surface area (Å²) in [5.41, 5.74) is 7.93. The molecule has 0 radical (unpaired) electrons. The molecule has 0 unspecified atom stereocenters. The number of likely N-dealkylation sites (tertiary alicyclic amines) is 1. The molecule has 13 heteroatoms. The smallest absolute Gasteiger partial charge is 0.154 e. The van der Waals surface area contributed by atoms with Gasteiger partial charge in [-0.15, -0.1) is 10.2 Å². The second-order valence-electron chi connectivity index (χ2n) is 16.0. The highest BCUT2D eigenvalue weighted by atomic mass is 16.5. The summed E-state index contributed by atoms with van der Waals surface area (Å²) in [7, 11) is 0. The Morgan fingerprint density at radius 3 is 1.73 bits per heavy atom. The zero-order valence-electron chi connectivity index (χ0n) is 35.4. The monoisotopic (exact) mass is 842 g/mol. The molecule has 13 nitrogen and oxygen atoms in total. The van der Waals surface area contributed by atoms with E-state index in [-0.39, 0.29) is 6.61 Å². The number of β-amino-alcohol motifs (C(OH)–C–C–N with tert-alkyl or cyclic N) is 1. The van der Waals surface area contributed by atoms with Gasteiger partial charge in [-0.05, 0) is 98.4 Å². The van der Waals surface area contributed by atoms with Gasteiger partial charge in [0.15, 0.2) is 11.3 Å². The number of fused-ring (bicyclic) bond motifs is 2. The molecule has 0 amide bonds. The Morgan fingerprint density at radius 1 is 0.619 bits per heavy atom. The molecule has 6 heterocycles. The number of nitrogens with zero attached hydrogens (tertiary/aromatic N) is 7. The Balaban J connectivity index is 0.000000161. The Hall–Kier alpha value is -6.80. The summed E-state index contributed by atoms with van der Waals surface area (Å²) >= 11 is 0. The van der Waals surface area contributed by atoms with Crippen molar-refractivity contribution in [2.24, 2.45) is 0 Å². The molecule has 2 saturated heterocycles. The second kappa shape index (κ2) is 20.4. The number of imidazole rings is 2. The highest BCUT2D eigenvalue weighted by Crippen LogP contribution is 2.28. The first-order valence-corrected chi connectivity index (χ1v) is 21.9. The second-order valence-corrected chi connectivity index (χ2v) is 16.0. The lowest BCUT2D eigenvalue weighted by Crippen LogP contribution is -2.36. The molecule has 4 N–H and O–H groups in total. The normalized spacial score (nSPS) is 16.2. The molecule has 2 aliphatic rings. The molecule has 2 atom stereocenters. The summed E-state index contributed by atoms with van der Waals surface area (Å²) in [6, 6.07) is 45.5. The molecule has 10 rings (SSSR count). The van der Waals surface area contributed by atoms with Gasteiger partial charge in [0.1, 0.15) is 36.3 Å². The average Bonchev–Trinajstić information content (AvgIpc) is 4.18. The predicted octanol–water partition coefficient (Wildman–Crippen LogP) is 7.98. The van der Waals surface area contributed by atoms with Crippen LogP contribution in [0.1, 0.15) is 36.8 Å². The maximum Gasteiger partial charge on any atom is 0.154 e. The van der Waals surface area contributed by atoms with E-state index in [1.165, 1.54) is 24.0 Å². The lowest BCUT2D eigenvalue weighted by molar-refractivity contribution is 0.143. The minimum atomic E-state index is 0.190. The van der Waals surface area contributed by atoms with Crippen LogP contribution in [0.2, 0.25) is 0 Å². The number of aromatic nitrogens is 6. The van der Waals surface area contributed by atoms with E-state index in [1.54, 1.807) is 0 Å². The number of anilines is 2. The quantitative estimate of drug-likeness (QED) is 0.0754. The van der Waals surface area contributed by atoms with Gasteiger partial charge >= 0.3 is 0 Å². The van der Waals surface area contributed by atoms with Crippen LogP contribution >= 0.6 is 0 Å². The van der Waals surface area contributed by atoms with Crippen LogP contribution in [0.4, 0.5) is 11.6 Å². The van der Waals surface area contributed by atoms with Crippen molar-refractivity contribution in [3.05, 3.63) is 157 Å². The Kier molecular flexibility index (Phi) is 13.4. The van der Waals surface area contributed by atoms with Crippen LogP contribution in [-0.4, -0.2) is 90.7 Å². The van der Waals surface area contributed by atoms with Gasteiger partial charge in [0.2, 0.25) is 0 Å². The van der Waals surface area contributed by atoms with Crippen LogP contribution in [0.25, 0.3) is 33.8 Å². The minimum Gasteiger partial charge on any atom is -0.492 e. The molecule has 322 valence electrons. The predicted molar refractivity (Wildman–Crippen MR) is 248 cm³/mol. The number of aliphatic hydroxyl groups is 1. The van der Waals surface area contributed by atoms with Gasteiger partial charge in [0, 0.05) is 42.8 Å². The number of hydrogen-bond acceptors (Lipinski definition) is 11. The number of ether oxygens (including phenoxy) is 2. The molecule has 2 aliphatic heterocycles. The van der Waals surface area contributed by atoms with Crippen LogP contribution in [0.3, 0.4) is 0 Å². The summed E-state index contributed by atoms with van der Waals surface area (Å²) in [6.45, 7) is 5.77. The lowest BCUT2D eigenvalue weighted by atomic mass is 10.1. The van der Waals surface area contributed by atoms with Crippen molar-refractivity contribution in [1.82, 2.24) is 39.4 Å². The van der Waals surface area contributed by atoms with Gasteiger partial charge in [-0.25, -0.2) is 19.0 Å². The van der Waals surface area contributed by atoms with Gasteiger partial charge in [0.25, 0.3) is 0 Å². The molecule has 0 bridgehead atoms. The van der Waals surface area contributed by atoms with E-state index in [4.69, 9.17) is 19.7 Å². The molecule has 0 aliphatic carbocycles. The largest absolute Gasteiger partial charge is 0.492 e. The molecule has 4 aromatic carbocycles. The first-order valence-electron chi connectivity index (χ1n) is 21.9. The molecule has 8 aromatic rings. The summed E-state index contributed by atoms with van der Waals surface area (Å²) in [5.74, 6) is 3.31. The van der Waals surface area contributed by atoms with Crippen molar-refractivity contribution in [3.63, 3.8) is 0 Å². The highest BCUT2D eigenvalue weighted by molar-refractivity contribution is 5.66. The number of benzene rings is 4. The molecule has 63 heavy (non-hydrogen) atoms. The van der Waals surface area contributed by atoms with Crippen molar-refractivity contribution in [2.45, 2.75) is 50.9 Å². The Morgan fingerprint density at radius 2 is 1.19 bits per heavy atom. The molecule has 0 spiro atoms. The van der Waals surface area contributed by atoms with Crippen molar-refractivity contribution in [1.29, 1.82) is 0 Å². The molecular formula is C50H54N10O3. The van der Waals surface area contributed by atoms with E-state index >= 15 is 0 Å². The van der Waals surface area contributed by atoms with Crippen LogP contribution < -0.4 is 25.4 Å². The van der Waals surface area contributed by atoms with E-state index in [1.807, 2.05) is 112 Å². The van der Waals surface area contributed by atoms with Crippen LogP contribution in [0.15, 0.2) is 146 Å². The maximum atomic E-state index is 9.27. The van der Waals surface area contributed by atoms with E-state index < -0.39 is 0 Å². The Labute approximate surface area is 367 Å². The van der Waals surface area contributed by atoms with Gasteiger partial charge in [-0.2, -0.15) is 0 Å². The standard InChI is InChI=1S/C26H29N5O2.C24H25N5O/c32-15-14-30-13-5-9-22(30)19-33-23-10-4-8-21(16-23)24-18-28-26-12-11-25(29-31(24)26)27-17-20-6-2-1-3-7-20;1-2-6-18(7-3-1)15-26-23-11-12-24-27-16-22(29(24)28-23)19-8-4-10-21(14-19)30-17-20-9-5-13-25-20/h1-4,6-8,10-12,16,18,22,32H,5,9,13-15,17,19H2,(H,27,29);1-4,6-8,10-12,14,16,20,25H,5,9,13,15,17H2,(H,26,28)/t22-;20-/m00/s1. The third-order valence-corrected chi connectivity index (χ3v) is 11.6. The SMILES string of the molecule is OCCN1CCC[C@H]1COc1cccc(-c2cnc3ccc(NCc4ccccc4)nn23)c1.c1ccc(CNc2ccc3ncc(-c4cccc(OC[C@@H]5CCCN5)c4)n3n2)cc1. The zero-order chi connectivity index (χ0) is 42.6. The van der Waals surface area contributed by atoms with Crippen LogP contribution in [-0.2, 0) is 13.1 Å². The summed E-state index contributed by atoms with van der Waals surface area (Å²) in [4.78, 5) is 11.3. The summed E-state index contributed by atoms with van der Waals surface area (Å²) < 4.78 is 15.9. The molecule has 4 aromatic heterocycles. The zero-order valence-corrected chi connectivity index (χ0v) is 35.4. The average molecular weight is 843 g/mol. The first-order chi connectivity index (χ1) is 31.1. The van der Waals surface area contributed by atoms with E-state index in [2.05, 4.69) is 73.3 Å². The number of hydrogen-bond donors (Lipinski definition) is 4. The lowest BCUT2D eigenvalue weighted by Gasteiger charge is -2.23. The maximum absolute atomic E-state index is 9.27. The molecular weight excluding hydrogens is 789 g/mol. The fourth-order valence-electron chi connectivity index (χ4n) is 8.19. The minimum absolute atomic E-state index is 0.190. The molecule has 2 fully saturated rings. The third-order valence-electron chi connectivity index (χ3n) is 11.6. The van der Waals surface area contributed by atoms with Crippen LogP contribution in [0.5, 0.6) is 11.5 Å². The third kappa shape index (κ3) is 10.6. The van der Waals surface area contributed by atoms with Gasteiger partial charge in [-0.1, -0.05) is 84.9 Å². The summed E-state index contributed by atoms with van der Waals surface area (Å²) in [6.07, 6.45) is 8.37. The number of rotatable bonds is 16. The topological polar surface area (TPSA) is 138 Å². The highest BCUT2D eigenvalue weighted by Gasteiger charge is 2.24. The summed E-state index contributed by atoms with van der Waals surface area (Å²) in [5, 5.41) is 29.0. The number of nitrogens with one attached hydrogen (secondary N) is 3. The van der Waals surface area contributed by atoms with E-state index in [0.29, 0.717) is 38.4 Å². The van der Waals surface area contributed by atoms with E-state index in [9.17, 15) is 5.11 Å². The molecule has 0 saturated carbocycles. The van der Waals surface area contributed by atoms with Crippen LogP contribution in [0, 0.1) is 0 Å². The number of aliphatic hydroxyl groups excluding tert-OH is 1. The first kappa shape index (κ1) is 41.5. The van der Waals surface area contributed by atoms with Crippen molar-refractivity contribution < 1.29 is 14.6 Å².